The van der Waals surface area contributed by atoms with E-state index in [2.05, 4.69) is 28.2 Å². The number of piperidine rings is 1. The van der Waals surface area contributed by atoms with Crippen molar-refractivity contribution in [1.82, 2.24) is 19.9 Å². The van der Waals surface area contributed by atoms with E-state index >= 15 is 0 Å². The molecule has 1 atom stereocenters. The summed E-state index contributed by atoms with van der Waals surface area (Å²) in [7, 11) is 1.93. The van der Waals surface area contributed by atoms with E-state index in [1.54, 1.807) is 0 Å². The van der Waals surface area contributed by atoms with Crippen LogP contribution in [0.3, 0.4) is 0 Å². The van der Waals surface area contributed by atoms with Gasteiger partial charge in [-0.2, -0.15) is 0 Å². The number of hydrogen-bond donors (Lipinski definition) is 4. The van der Waals surface area contributed by atoms with Crippen molar-refractivity contribution in [3.8, 4) is 0 Å². The van der Waals surface area contributed by atoms with E-state index in [1.165, 1.54) is 0 Å². The second-order valence-electron chi connectivity index (χ2n) is 9.42. The van der Waals surface area contributed by atoms with Gasteiger partial charge >= 0.3 is 5.97 Å². The number of pyridine rings is 1. The molecule has 4 heterocycles. The zero-order valence-electron chi connectivity index (χ0n) is 20.6. The SMILES string of the molecule is CCCc1cc(N2CCC(NCC(O)c3nc4ccccc4n3C)CC2)nc2sc(C(=O)O)c(N)c12. The van der Waals surface area contributed by atoms with Crippen LogP contribution in [0.4, 0.5) is 11.5 Å². The Morgan fingerprint density at radius 2 is 2.03 bits per heavy atom. The van der Waals surface area contributed by atoms with Crippen molar-refractivity contribution in [1.29, 1.82) is 0 Å². The molecule has 0 radical (unpaired) electrons. The summed E-state index contributed by atoms with van der Waals surface area (Å²) in [5, 5.41) is 24.6. The Balaban J connectivity index is 1.25. The number of nitrogens with two attached hydrogens (primary N) is 1. The van der Waals surface area contributed by atoms with E-state index in [9.17, 15) is 15.0 Å². The number of aromatic carboxylic acids is 1. The number of aromatic nitrogens is 3. The van der Waals surface area contributed by atoms with E-state index in [1.807, 2.05) is 35.9 Å². The fraction of sp³-hybridized carbons (Fsp3) is 0.423. The lowest BCUT2D eigenvalue weighted by molar-refractivity contribution is 0.0703. The van der Waals surface area contributed by atoms with Crippen molar-refractivity contribution >= 4 is 50.1 Å². The topological polar surface area (TPSA) is 130 Å². The number of aryl methyl sites for hydroxylation is 2. The number of nitrogen functional groups attached to an aromatic ring is 1. The van der Waals surface area contributed by atoms with Crippen LogP contribution in [0.1, 0.15) is 53.3 Å². The average Bonchev–Trinajstić information content (AvgIpc) is 3.40. The average molecular weight is 509 g/mol. The van der Waals surface area contributed by atoms with Crippen molar-refractivity contribution in [2.75, 3.05) is 30.3 Å². The molecule has 190 valence electrons. The summed E-state index contributed by atoms with van der Waals surface area (Å²) < 4.78 is 1.95. The molecule has 0 amide bonds. The molecule has 9 nitrogen and oxygen atoms in total. The summed E-state index contributed by atoms with van der Waals surface area (Å²) >= 11 is 1.15. The van der Waals surface area contributed by atoms with Crippen molar-refractivity contribution in [3.05, 3.63) is 46.6 Å². The number of carbonyl (C=O) groups is 1. The lowest BCUT2D eigenvalue weighted by Gasteiger charge is -2.34. The molecule has 1 aliphatic rings. The first kappa shape index (κ1) is 24.5. The minimum Gasteiger partial charge on any atom is -0.477 e. The Kier molecular flexibility index (Phi) is 6.83. The highest BCUT2D eigenvalue weighted by atomic mass is 32.1. The molecule has 5 rings (SSSR count). The molecule has 0 bridgehead atoms. The minimum absolute atomic E-state index is 0.161. The van der Waals surface area contributed by atoms with Gasteiger partial charge in [0.1, 0.15) is 27.5 Å². The van der Waals surface area contributed by atoms with Gasteiger partial charge in [0.2, 0.25) is 0 Å². The molecule has 3 aromatic heterocycles. The smallest absolute Gasteiger partial charge is 0.348 e. The van der Waals surface area contributed by atoms with Gasteiger partial charge in [-0.1, -0.05) is 25.5 Å². The maximum atomic E-state index is 11.6. The number of benzene rings is 1. The number of fused-ring (bicyclic) bond motifs is 2. The lowest BCUT2D eigenvalue weighted by Crippen LogP contribution is -2.44. The summed E-state index contributed by atoms with van der Waals surface area (Å²) in [4.78, 5) is 24.1. The third-order valence-electron chi connectivity index (χ3n) is 7.02. The Labute approximate surface area is 213 Å². The number of para-hydroxylation sites is 2. The fourth-order valence-corrected chi connectivity index (χ4v) is 6.09. The van der Waals surface area contributed by atoms with Crippen LogP contribution in [0.2, 0.25) is 0 Å². The maximum Gasteiger partial charge on any atom is 0.348 e. The molecule has 1 unspecified atom stereocenters. The van der Waals surface area contributed by atoms with Crippen LogP contribution in [0.15, 0.2) is 30.3 Å². The van der Waals surface area contributed by atoms with Crippen LogP contribution >= 0.6 is 11.3 Å². The molecule has 1 aliphatic heterocycles. The predicted molar refractivity (Wildman–Crippen MR) is 144 cm³/mol. The van der Waals surface area contributed by atoms with Gasteiger partial charge in [-0.25, -0.2) is 14.8 Å². The Bertz CT molecular complexity index is 1410. The van der Waals surface area contributed by atoms with Crippen molar-refractivity contribution in [2.45, 2.75) is 44.8 Å². The number of rotatable bonds is 8. The quantitative estimate of drug-likeness (QED) is 0.283. The number of carboxylic acid groups (broad SMARTS) is 1. The molecule has 10 heteroatoms. The molecular formula is C26H32N6O3S. The number of anilines is 2. The maximum absolute atomic E-state index is 11.6. The number of thiophene rings is 1. The normalized spacial score (nSPS) is 15.7. The van der Waals surface area contributed by atoms with Gasteiger partial charge < -0.3 is 30.7 Å². The van der Waals surface area contributed by atoms with Crippen molar-refractivity contribution < 1.29 is 15.0 Å². The van der Waals surface area contributed by atoms with Crippen LogP contribution in [0.25, 0.3) is 21.3 Å². The third-order valence-corrected chi connectivity index (χ3v) is 8.11. The zero-order valence-corrected chi connectivity index (χ0v) is 21.4. The van der Waals surface area contributed by atoms with E-state index in [-0.39, 0.29) is 4.88 Å². The highest BCUT2D eigenvalue weighted by molar-refractivity contribution is 7.21. The Morgan fingerprint density at radius 3 is 2.72 bits per heavy atom. The predicted octanol–water partition coefficient (Wildman–Crippen LogP) is 3.71. The largest absolute Gasteiger partial charge is 0.477 e. The fourth-order valence-electron chi connectivity index (χ4n) is 5.12. The summed E-state index contributed by atoms with van der Waals surface area (Å²) in [6.07, 6.45) is 2.92. The van der Waals surface area contributed by atoms with E-state index < -0.39 is 12.1 Å². The van der Waals surface area contributed by atoms with Gasteiger partial charge in [0, 0.05) is 38.1 Å². The van der Waals surface area contributed by atoms with Crippen molar-refractivity contribution in [3.63, 3.8) is 0 Å². The van der Waals surface area contributed by atoms with E-state index in [4.69, 9.17) is 10.7 Å². The molecule has 4 aromatic rings. The van der Waals surface area contributed by atoms with E-state index in [0.29, 0.717) is 28.9 Å². The molecule has 36 heavy (non-hydrogen) atoms. The monoisotopic (exact) mass is 508 g/mol. The number of nitrogens with zero attached hydrogens (tertiary/aromatic N) is 4. The summed E-state index contributed by atoms with van der Waals surface area (Å²) in [6, 6.07) is 10.3. The number of hydrogen-bond acceptors (Lipinski definition) is 8. The Morgan fingerprint density at radius 1 is 1.28 bits per heavy atom. The number of aliphatic hydroxyl groups excluding tert-OH is 1. The van der Waals surface area contributed by atoms with E-state index in [0.717, 1.165) is 77.9 Å². The second-order valence-corrected chi connectivity index (χ2v) is 10.4. The molecular weight excluding hydrogens is 476 g/mol. The summed E-state index contributed by atoms with van der Waals surface area (Å²) in [6.45, 7) is 4.21. The van der Waals surface area contributed by atoms with Crippen LogP contribution in [0, 0.1) is 0 Å². The van der Waals surface area contributed by atoms with Gasteiger partial charge in [0.05, 0.1) is 16.7 Å². The molecule has 1 saturated heterocycles. The van der Waals surface area contributed by atoms with Gasteiger partial charge in [-0.15, -0.1) is 11.3 Å². The first-order valence-corrected chi connectivity index (χ1v) is 13.2. The number of carboxylic acids is 1. The second kappa shape index (κ2) is 10.0. The number of aliphatic hydroxyl groups is 1. The van der Waals surface area contributed by atoms with Crippen molar-refractivity contribution in [2.24, 2.45) is 7.05 Å². The molecule has 0 aliphatic carbocycles. The minimum atomic E-state index is -1.01. The van der Waals surface area contributed by atoms with Crippen LogP contribution in [-0.2, 0) is 13.5 Å². The molecule has 1 aromatic carbocycles. The van der Waals surface area contributed by atoms with Gasteiger partial charge in [-0.05, 0) is 43.0 Å². The standard InChI is InChI=1S/C26H32N6O3S/c1-3-6-15-13-20(30-25-21(15)22(27)23(36-25)26(34)35)32-11-9-16(10-12-32)28-14-19(33)24-29-17-7-4-5-8-18(17)31(24)2/h4-5,7-8,13,16,19,28,33H,3,6,9-12,14,27H2,1-2H3,(H,34,35). The number of imidazole rings is 1. The van der Waals surface area contributed by atoms with Crippen LogP contribution in [0.5, 0.6) is 0 Å². The third kappa shape index (κ3) is 4.52. The first-order valence-electron chi connectivity index (χ1n) is 12.4. The number of nitrogens with one attached hydrogen (secondary N) is 1. The first-order chi connectivity index (χ1) is 17.4. The van der Waals surface area contributed by atoms with Gasteiger partial charge in [0.15, 0.2) is 0 Å². The molecule has 5 N–H and O–H groups in total. The highest BCUT2D eigenvalue weighted by Crippen LogP contribution is 2.37. The molecule has 0 saturated carbocycles. The lowest BCUT2D eigenvalue weighted by atomic mass is 10.0. The van der Waals surface area contributed by atoms with Crippen LogP contribution < -0.4 is 16.0 Å². The summed E-state index contributed by atoms with van der Waals surface area (Å²) in [5.74, 6) is 0.535. The highest BCUT2D eigenvalue weighted by Gasteiger charge is 2.25. The Hall–Kier alpha value is -3.21. The van der Waals surface area contributed by atoms with Crippen LogP contribution in [-0.4, -0.2) is 56.4 Å². The van der Waals surface area contributed by atoms with Gasteiger partial charge in [-0.3, -0.25) is 0 Å². The zero-order chi connectivity index (χ0) is 25.4. The molecule has 1 fully saturated rings. The summed E-state index contributed by atoms with van der Waals surface area (Å²) in [5.41, 5.74) is 9.47. The van der Waals surface area contributed by atoms with Gasteiger partial charge in [0.25, 0.3) is 0 Å². The molecule has 0 spiro atoms.